The van der Waals surface area contributed by atoms with E-state index in [4.69, 9.17) is 0 Å². The zero-order valence-electron chi connectivity index (χ0n) is 11.6. The number of hydrogen-bond acceptors (Lipinski definition) is 1. The van der Waals surface area contributed by atoms with E-state index >= 15 is 0 Å². The fourth-order valence-corrected chi connectivity index (χ4v) is 2.06. The lowest BCUT2D eigenvalue weighted by molar-refractivity contribution is 0.571. The van der Waals surface area contributed by atoms with Crippen molar-refractivity contribution in [1.82, 2.24) is 0 Å². The molecule has 0 radical (unpaired) electrons. The number of halogens is 3. The van der Waals surface area contributed by atoms with Crippen LogP contribution in [0.1, 0.15) is 29.7 Å². The molecule has 2 rings (SSSR count). The maximum atomic E-state index is 13.9. The van der Waals surface area contributed by atoms with Crippen molar-refractivity contribution in [3.63, 3.8) is 0 Å². The maximum Gasteiger partial charge on any atom is 0.128 e. The highest BCUT2D eigenvalue weighted by Crippen LogP contribution is 2.25. The molecule has 1 unspecified atom stereocenters. The van der Waals surface area contributed by atoms with Gasteiger partial charge in [-0.2, -0.15) is 0 Å². The Hall–Kier alpha value is -1.97. The summed E-state index contributed by atoms with van der Waals surface area (Å²) in [4.78, 5) is 0. The number of benzene rings is 2. The molecule has 0 aliphatic carbocycles. The zero-order valence-corrected chi connectivity index (χ0v) is 11.6. The van der Waals surface area contributed by atoms with Crippen molar-refractivity contribution in [2.75, 3.05) is 5.32 Å². The van der Waals surface area contributed by atoms with Gasteiger partial charge in [0.1, 0.15) is 17.5 Å². The number of rotatable bonds is 3. The van der Waals surface area contributed by atoms with Gasteiger partial charge in [-0.05, 0) is 62.2 Å². The highest BCUT2D eigenvalue weighted by molar-refractivity contribution is 5.48. The summed E-state index contributed by atoms with van der Waals surface area (Å²) in [6, 6.07) is 6.50. The molecule has 2 aromatic carbocycles. The quantitative estimate of drug-likeness (QED) is 0.843. The second-order valence-electron chi connectivity index (χ2n) is 4.95. The minimum Gasteiger partial charge on any atom is -0.378 e. The molecular weight excluding hydrogens is 263 g/mol. The highest BCUT2D eigenvalue weighted by Gasteiger charge is 2.14. The predicted molar refractivity (Wildman–Crippen MR) is 74.3 cm³/mol. The fraction of sp³-hybridized carbons (Fsp3) is 0.250. The smallest absolute Gasteiger partial charge is 0.128 e. The van der Waals surface area contributed by atoms with Crippen LogP contribution in [-0.2, 0) is 0 Å². The van der Waals surface area contributed by atoms with Crippen molar-refractivity contribution >= 4 is 5.69 Å². The van der Waals surface area contributed by atoms with Crippen molar-refractivity contribution in [3.8, 4) is 0 Å². The average Bonchev–Trinajstić information content (AvgIpc) is 2.38. The molecule has 1 N–H and O–H groups in total. The first kappa shape index (κ1) is 14.4. The molecule has 0 bridgehead atoms. The molecule has 0 fully saturated rings. The maximum absolute atomic E-state index is 13.9. The largest absolute Gasteiger partial charge is 0.378 e. The first-order chi connectivity index (χ1) is 9.38. The minimum absolute atomic E-state index is 0.245. The molecule has 0 saturated carbocycles. The van der Waals surface area contributed by atoms with Gasteiger partial charge in [-0.1, -0.05) is 0 Å². The van der Waals surface area contributed by atoms with Crippen LogP contribution >= 0.6 is 0 Å². The summed E-state index contributed by atoms with van der Waals surface area (Å²) in [5.74, 6) is -1.19. The average molecular weight is 279 g/mol. The van der Waals surface area contributed by atoms with E-state index in [0.29, 0.717) is 11.3 Å². The van der Waals surface area contributed by atoms with Gasteiger partial charge in [0.2, 0.25) is 0 Å². The standard InChI is InChI=1S/C16H16F3N/c1-9-6-12(4-5-14(9)17)20-11(3)13-8-15(18)10(2)7-16(13)19/h4-8,11,20H,1-3H3. The lowest BCUT2D eigenvalue weighted by Gasteiger charge is -2.17. The molecule has 4 heteroatoms. The van der Waals surface area contributed by atoms with Crippen LogP contribution in [0.15, 0.2) is 30.3 Å². The molecule has 0 saturated heterocycles. The first-order valence-corrected chi connectivity index (χ1v) is 6.36. The van der Waals surface area contributed by atoms with Crippen LogP contribution < -0.4 is 5.32 Å². The Kier molecular flexibility index (Phi) is 4.02. The molecule has 2 aromatic rings. The van der Waals surface area contributed by atoms with Crippen LogP contribution in [0.4, 0.5) is 18.9 Å². The van der Waals surface area contributed by atoms with Crippen LogP contribution in [-0.4, -0.2) is 0 Å². The van der Waals surface area contributed by atoms with E-state index < -0.39 is 17.7 Å². The molecule has 0 aliphatic heterocycles. The molecule has 0 aromatic heterocycles. The van der Waals surface area contributed by atoms with Gasteiger partial charge in [0, 0.05) is 11.3 Å². The Bertz CT molecular complexity index is 638. The van der Waals surface area contributed by atoms with E-state index in [0.717, 1.165) is 0 Å². The normalized spacial score (nSPS) is 12.3. The Morgan fingerprint density at radius 1 is 0.850 bits per heavy atom. The summed E-state index contributed by atoms with van der Waals surface area (Å²) in [5.41, 5.74) is 1.68. The highest BCUT2D eigenvalue weighted by atomic mass is 19.1. The van der Waals surface area contributed by atoms with Crippen molar-refractivity contribution < 1.29 is 13.2 Å². The summed E-state index contributed by atoms with van der Waals surface area (Å²) in [5, 5.41) is 3.04. The predicted octanol–water partition coefficient (Wildman–Crippen LogP) is 4.89. The number of hydrogen-bond donors (Lipinski definition) is 1. The van der Waals surface area contributed by atoms with E-state index in [-0.39, 0.29) is 16.9 Å². The van der Waals surface area contributed by atoms with Gasteiger partial charge in [0.15, 0.2) is 0 Å². The van der Waals surface area contributed by atoms with Crippen molar-refractivity contribution in [3.05, 3.63) is 64.5 Å². The van der Waals surface area contributed by atoms with Gasteiger partial charge in [-0.3, -0.25) is 0 Å². The second-order valence-corrected chi connectivity index (χ2v) is 4.95. The molecule has 0 heterocycles. The van der Waals surface area contributed by atoms with E-state index in [2.05, 4.69) is 5.32 Å². The fourth-order valence-electron chi connectivity index (χ4n) is 2.06. The lowest BCUT2D eigenvalue weighted by Crippen LogP contribution is -2.10. The SMILES string of the molecule is Cc1cc(NC(C)c2cc(F)c(C)cc2F)ccc1F. The topological polar surface area (TPSA) is 12.0 Å². The number of anilines is 1. The van der Waals surface area contributed by atoms with Crippen LogP contribution in [0.25, 0.3) is 0 Å². The third kappa shape index (κ3) is 2.95. The van der Waals surface area contributed by atoms with Crippen molar-refractivity contribution in [1.29, 1.82) is 0 Å². The molecule has 1 nitrogen and oxygen atoms in total. The van der Waals surface area contributed by atoms with Crippen molar-refractivity contribution in [2.24, 2.45) is 0 Å². The van der Waals surface area contributed by atoms with Gasteiger partial charge >= 0.3 is 0 Å². The summed E-state index contributed by atoms with van der Waals surface area (Å²) in [6.07, 6.45) is 0. The zero-order chi connectivity index (χ0) is 14.9. The third-order valence-corrected chi connectivity index (χ3v) is 3.29. The second kappa shape index (κ2) is 5.57. The minimum atomic E-state index is -0.456. The van der Waals surface area contributed by atoms with Gasteiger partial charge in [-0.25, -0.2) is 13.2 Å². The Balaban J connectivity index is 2.25. The van der Waals surface area contributed by atoms with Gasteiger partial charge in [0.05, 0.1) is 6.04 Å². The molecular formula is C16H16F3N. The summed E-state index contributed by atoms with van der Waals surface area (Å²) in [6.45, 7) is 4.90. The van der Waals surface area contributed by atoms with E-state index in [1.165, 1.54) is 25.1 Å². The van der Waals surface area contributed by atoms with E-state index in [1.54, 1.807) is 26.0 Å². The monoisotopic (exact) mass is 279 g/mol. The molecule has 106 valence electrons. The number of aryl methyl sites for hydroxylation is 2. The van der Waals surface area contributed by atoms with Crippen LogP contribution in [0.2, 0.25) is 0 Å². The summed E-state index contributed by atoms with van der Waals surface area (Å²) < 4.78 is 40.6. The molecule has 0 aliphatic rings. The molecule has 0 spiro atoms. The van der Waals surface area contributed by atoms with Gasteiger partial charge < -0.3 is 5.32 Å². The third-order valence-electron chi connectivity index (χ3n) is 3.29. The molecule has 1 atom stereocenters. The van der Waals surface area contributed by atoms with Crippen LogP contribution in [0, 0.1) is 31.3 Å². The van der Waals surface area contributed by atoms with Crippen molar-refractivity contribution in [2.45, 2.75) is 26.8 Å². The Morgan fingerprint density at radius 3 is 2.15 bits per heavy atom. The van der Waals surface area contributed by atoms with Crippen LogP contribution in [0.3, 0.4) is 0 Å². The first-order valence-electron chi connectivity index (χ1n) is 6.36. The summed E-state index contributed by atoms with van der Waals surface area (Å²) >= 11 is 0. The Labute approximate surface area is 116 Å². The molecule has 20 heavy (non-hydrogen) atoms. The lowest BCUT2D eigenvalue weighted by atomic mass is 10.0. The van der Waals surface area contributed by atoms with E-state index in [1.807, 2.05) is 0 Å². The Morgan fingerprint density at radius 2 is 1.50 bits per heavy atom. The van der Waals surface area contributed by atoms with Gasteiger partial charge in [0.25, 0.3) is 0 Å². The van der Waals surface area contributed by atoms with Crippen LogP contribution in [0.5, 0.6) is 0 Å². The molecule has 0 amide bonds. The van der Waals surface area contributed by atoms with E-state index in [9.17, 15) is 13.2 Å². The van der Waals surface area contributed by atoms with Gasteiger partial charge in [-0.15, -0.1) is 0 Å². The summed E-state index contributed by atoms with van der Waals surface area (Å²) in [7, 11) is 0. The number of nitrogens with one attached hydrogen (secondary N) is 1.